The van der Waals surface area contributed by atoms with Crippen molar-refractivity contribution in [2.75, 3.05) is 7.05 Å². The van der Waals surface area contributed by atoms with Crippen LogP contribution in [0.3, 0.4) is 0 Å². The largest absolute Gasteiger partial charge is 0.463 e. The van der Waals surface area contributed by atoms with Gasteiger partial charge in [0, 0.05) is 22.9 Å². The average Bonchev–Trinajstić information content (AvgIpc) is 2.88. The molecule has 4 rings (SSSR count). The molecule has 2 unspecified atom stereocenters. The monoisotopic (exact) mass is 239 g/mol. The second-order valence-corrected chi connectivity index (χ2v) is 5.51. The molecule has 1 aromatic heterocycles. The Balaban J connectivity index is 1.82. The topological polar surface area (TPSA) is 16.4 Å². The second kappa shape index (κ2) is 3.72. The molecule has 2 bridgehead atoms. The summed E-state index contributed by atoms with van der Waals surface area (Å²) in [7, 11) is 2.25. The second-order valence-electron chi connectivity index (χ2n) is 5.51. The molecule has 92 valence electrons. The number of benzene rings is 1. The number of hydrogen-bond donors (Lipinski definition) is 0. The lowest BCUT2D eigenvalue weighted by Crippen LogP contribution is -2.34. The maximum absolute atomic E-state index is 5.83. The number of hydrogen-bond acceptors (Lipinski definition) is 2. The molecule has 2 nitrogen and oxygen atoms in total. The van der Waals surface area contributed by atoms with E-state index in [1.54, 1.807) is 0 Å². The van der Waals surface area contributed by atoms with Crippen LogP contribution in [0, 0.1) is 0 Å². The van der Waals surface area contributed by atoms with E-state index in [0.29, 0.717) is 12.1 Å². The van der Waals surface area contributed by atoms with Crippen LogP contribution in [-0.4, -0.2) is 24.0 Å². The van der Waals surface area contributed by atoms with Crippen molar-refractivity contribution < 1.29 is 4.42 Å². The van der Waals surface area contributed by atoms with Crippen LogP contribution in [-0.2, 0) is 0 Å². The molecule has 0 radical (unpaired) electrons. The van der Waals surface area contributed by atoms with E-state index in [-0.39, 0.29) is 0 Å². The summed E-state index contributed by atoms with van der Waals surface area (Å²) >= 11 is 0. The first kappa shape index (κ1) is 10.4. The van der Waals surface area contributed by atoms with Crippen LogP contribution in [0.25, 0.3) is 16.3 Å². The molecular formula is C16H17NO. The highest BCUT2D eigenvalue weighted by molar-refractivity contribution is 5.92. The maximum Gasteiger partial charge on any atom is 0.137 e. The summed E-state index contributed by atoms with van der Waals surface area (Å²) in [5, 5.41) is 2.47. The molecule has 0 saturated carbocycles. The van der Waals surface area contributed by atoms with Gasteiger partial charge in [0.05, 0.1) is 6.26 Å². The summed E-state index contributed by atoms with van der Waals surface area (Å²) in [6.45, 7) is 0. The zero-order valence-electron chi connectivity index (χ0n) is 10.6. The Bertz CT molecular complexity index is 625. The van der Waals surface area contributed by atoms with Crippen molar-refractivity contribution in [3.8, 4) is 0 Å². The lowest BCUT2D eigenvalue weighted by atomic mass is 9.97. The molecule has 1 saturated heterocycles. The zero-order valence-corrected chi connectivity index (χ0v) is 10.6. The highest BCUT2D eigenvalue weighted by Gasteiger charge is 2.34. The van der Waals surface area contributed by atoms with Gasteiger partial charge >= 0.3 is 0 Å². The third kappa shape index (κ3) is 1.39. The first-order valence-electron chi connectivity index (χ1n) is 6.72. The summed E-state index contributed by atoms with van der Waals surface area (Å²) in [5.41, 5.74) is 1.40. The molecule has 2 aromatic rings. The van der Waals surface area contributed by atoms with Gasteiger partial charge in [0.15, 0.2) is 0 Å². The van der Waals surface area contributed by atoms with Crippen LogP contribution < -0.4 is 0 Å². The van der Waals surface area contributed by atoms with E-state index in [0.717, 1.165) is 12.2 Å². The smallest absolute Gasteiger partial charge is 0.137 e. The maximum atomic E-state index is 5.83. The minimum absolute atomic E-state index is 0.614. The number of rotatable bonds is 1. The van der Waals surface area contributed by atoms with E-state index in [1.807, 2.05) is 6.26 Å². The Morgan fingerprint density at radius 2 is 2.11 bits per heavy atom. The highest BCUT2D eigenvalue weighted by Crippen LogP contribution is 2.39. The van der Waals surface area contributed by atoms with Gasteiger partial charge < -0.3 is 4.42 Å². The number of furan rings is 1. The molecule has 0 N–H and O–H groups in total. The summed E-state index contributed by atoms with van der Waals surface area (Å²) < 4.78 is 5.83. The minimum atomic E-state index is 0.614. The first-order valence-corrected chi connectivity index (χ1v) is 6.72. The van der Waals surface area contributed by atoms with E-state index in [1.165, 1.54) is 29.2 Å². The molecular weight excluding hydrogens is 222 g/mol. The van der Waals surface area contributed by atoms with Crippen molar-refractivity contribution >= 4 is 16.3 Å². The number of fused-ring (bicyclic) bond motifs is 3. The fraction of sp³-hybridized carbons (Fsp3) is 0.375. The third-order valence-electron chi connectivity index (χ3n) is 4.54. The molecule has 3 heterocycles. The summed E-state index contributed by atoms with van der Waals surface area (Å²) in [5.74, 6) is 1.09. The van der Waals surface area contributed by atoms with E-state index in [9.17, 15) is 0 Å². The number of likely N-dealkylation sites (N-methyl/N-ethyl adjacent to an activating group) is 1. The molecule has 1 aromatic carbocycles. The Kier molecular flexibility index (Phi) is 2.15. The van der Waals surface area contributed by atoms with Gasteiger partial charge in [0.2, 0.25) is 0 Å². The predicted molar refractivity (Wildman–Crippen MR) is 73.4 cm³/mol. The average molecular weight is 239 g/mol. The van der Waals surface area contributed by atoms with Crippen LogP contribution in [0.5, 0.6) is 0 Å². The number of nitrogens with zero attached hydrogens (tertiary/aromatic N) is 1. The Morgan fingerprint density at radius 3 is 3.00 bits per heavy atom. The van der Waals surface area contributed by atoms with Crippen LogP contribution in [0.1, 0.15) is 25.0 Å². The molecule has 0 spiro atoms. The van der Waals surface area contributed by atoms with Crippen molar-refractivity contribution in [2.24, 2.45) is 0 Å². The molecule has 2 atom stereocenters. The van der Waals surface area contributed by atoms with Gasteiger partial charge in [-0.05, 0) is 31.9 Å². The fourth-order valence-electron chi connectivity index (χ4n) is 3.45. The van der Waals surface area contributed by atoms with Crippen LogP contribution in [0.4, 0.5) is 0 Å². The summed E-state index contributed by atoms with van der Waals surface area (Å²) in [4.78, 5) is 2.51. The first-order chi connectivity index (χ1) is 8.83. The van der Waals surface area contributed by atoms with Crippen LogP contribution in [0.15, 0.2) is 41.0 Å². The van der Waals surface area contributed by atoms with Crippen molar-refractivity contribution in [3.63, 3.8) is 0 Å². The standard InChI is InChI=1S/C16H17NO/c1-17-13-6-7-14(17)9-12(8-13)16-15-5-3-2-4-11(15)10-18-16/h2-5,8,10,13-14H,6-7,9H2,1H3. The van der Waals surface area contributed by atoms with Crippen molar-refractivity contribution in [1.29, 1.82) is 0 Å². The molecule has 0 amide bonds. The molecule has 2 aliphatic rings. The Morgan fingerprint density at radius 1 is 1.22 bits per heavy atom. The molecule has 2 heteroatoms. The summed E-state index contributed by atoms with van der Waals surface area (Å²) in [6, 6.07) is 9.75. The Hall–Kier alpha value is -1.54. The lowest BCUT2D eigenvalue weighted by molar-refractivity contribution is 0.263. The minimum Gasteiger partial charge on any atom is -0.463 e. The van der Waals surface area contributed by atoms with E-state index >= 15 is 0 Å². The van der Waals surface area contributed by atoms with Gasteiger partial charge in [-0.25, -0.2) is 0 Å². The van der Waals surface area contributed by atoms with E-state index in [4.69, 9.17) is 4.42 Å². The van der Waals surface area contributed by atoms with Crippen LogP contribution in [0.2, 0.25) is 0 Å². The summed E-state index contributed by atoms with van der Waals surface area (Å²) in [6.07, 6.45) is 8.04. The van der Waals surface area contributed by atoms with Gasteiger partial charge in [-0.1, -0.05) is 30.3 Å². The zero-order chi connectivity index (χ0) is 12.1. The normalized spacial score (nSPS) is 27.7. The fourth-order valence-corrected chi connectivity index (χ4v) is 3.45. The highest BCUT2D eigenvalue weighted by atomic mass is 16.3. The van der Waals surface area contributed by atoms with Gasteiger partial charge in [-0.3, -0.25) is 4.90 Å². The SMILES string of the molecule is CN1C2C=C(c3occ4ccccc34)CC1CC2. The van der Waals surface area contributed by atoms with Gasteiger partial charge in [-0.2, -0.15) is 0 Å². The molecule has 2 aliphatic heterocycles. The van der Waals surface area contributed by atoms with Gasteiger partial charge in [-0.15, -0.1) is 0 Å². The predicted octanol–water partition coefficient (Wildman–Crippen LogP) is 3.68. The van der Waals surface area contributed by atoms with E-state index in [2.05, 4.69) is 42.3 Å². The van der Waals surface area contributed by atoms with Crippen LogP contribution >= 0.6 is 0 Å². The molecule has 1 fully saturated rings. The quantitative estimate of drug-likeness (QED) is 0.754. The Labute approximate surface area is 107 Å². The van der Waals surface area contributed by atoms with E-state index < -0.39 is 0 Å². The van der Waals surface area contributed by atoms with Gasteiger partial charge in [0.1, 0.15) is 5.76 Å². The van der Waals surface area contributed by atoms with Crippen molar-refractivity contribution in [3.05, 3.63) is 42.4 Å². The van der Waals surface area contributed by atoms with Gasteiger partial charge in [0.25, 0.3) is 0 Å². The van der Waals surface area contributed by atoms with Crippen molar-refractivity contribution in [1.82, 2.24) is 4.90 Å². The third-order valence-corrected chi connectivity index (χ3v) is 4.54. The molecule has 18 heavy (non-hydrogen) atoms. The van der Waals surface area contributed by atoms with Crippen molar-refractivity contribution in [2.45, 2.75) is 31.3 Å². The lowest BCUT2D eigenvalue weighted by Gasteiger charge is -2.29. The molecule has 0 aliphatic carbocycles.